The average Bonchev–Trinajstić information content (AvgIpc) is 2.61. The highest BCUT2D eigenvalue weighted by atomic mass is 32.2. The second-order valence-electron chi connectivity index (χ2n) is 6.58. The van der Waals surface area contributed by atoms with Crippen LogP contribution in [0.2, 0.25) is 0 Å². The normalized spacial score (nSPS) is 11.3. The summed E-state index contributed by atoms with van der Waals surface area (Å²) in [4.78, 5) is 23.9. The van der Waals surface area contributed by atoms with Gasteiger partial charge in [-0.2, -0.15) is 12.7 Å². The van der Waals surface area contributed by atoms with Crippen molar-refractivity contribution in [1.82, 2.24) is 4.31 Å². The van der Waals surface area contributed by atoms with Crippen molar-refractivity contribution in [3.8, 4) is 0 Å². The molecule has 0 spiro atoms. The summed E-state index contributed by atoms with van der Waals surface area (Å²) >= 11 is 0. The Hall–Kier alpha value is -2.91. The lowest BCUT2D eigenvalue weighted by Crippen LogP contribution is -2.44. The van der Waals surface area contributed by atoms with Crippen LogP contribution in [0.25, 0.3) is 0 Å². The highest BCUT2D eigenvalue weighted by Gasteiger charge is 2.28. The molecule has 150 valence electrons. The molecular weight excluding hydrogens is 380 g/mol. The SMILES string of the molecule is Cc1ccc(C)c(N(CC(=O)Nc2cccc(C(N)=O)c2)S(=O)(=O)N(C)C)c1. The number of nitrogens with two attached hydrogens (primary N) is 1. The van der Waals surface area contributed by atoms with Gasteiger partial charge in [0.25, 0.3) is 0 Å². The zero-order chi connectivity index (χ0) is 21.1. The van der Waals surface area contributed by atoms with Crippen molar-refractivity contribution >= 4 is 33.4 Å². The van der Waals surface area contributed by atoms with Crippen molar-refractivity contribution in [1.29, 1.82) is 0 Å². The van der Waals surface area contributed by atoms with E-state index in [1.54, 1.807) is 31.2 Å². The Morgan fingerprint density at radius 2 is 1.75 bits per heavy atom. The highest BCUT2D eigenvalue weighted by Crippen LogP contribution is 2.25. The number of carbonyl (C=O) groups excluding carboxylic acids is 2. The van der Waals surface area contributed by atoms with Crippen LogP contribution in [0.4, 0.5) is 11.4 Å². The molecule has 0 saturated carbocycles. The van der Waals surface area contributed by atoms with E-state index in [9.17, 15) is 18.0 Å². The molecule has 28 heavy (non-hydrogen) atoms. The summed E-state index contributed by atoms with van der Waals surface area (Å²) < 4.78 is 27.8. The molecule has 2 aromatic rings. The Morgan fingerprint density at radius 3 is 2.36 bits per heavy atom. The van der Waals surface area contributed by atoms with Gasteiger partial charge in [0.15, 0.2) is 0 Å². The summed E-state index contributed by atoms with van der Waals surface area (Å²) in [7, 11) is -1.10. The smallest absolute Gasteiger partial charge is 0.304 e. The average molecular weight is 404 g/mol. The summed E-state index contributed by atoms with van der Waals surface area (Å²) in [6, 6.07) is 11.5. The summed E-state index contributed by atoms with van der Waals surface area (Å²) in [5.74, 6) is -1.17. The fourth-order valence-electron chi connectivity index (χ4n) is 2.56. The van der Waals surface area contributed by atoms with Gasteiger partial charge in [0.2, 0.25) is 11.8 Å². The van der Waals surface area contributed by atoms with E-state index >= 15 is 0 Å². The number of anilines is 2. The lowest BCUT2D eigenvalue weighted by Gasteiger charge is -2.28. The maximum Gasteiger partial charge on any atom is 0.304 e. The van der Waals surface area contributed by atoms with E-state index in [0.29, 0.717) is 11.4 Å². The molecule has 0 fully saturated rings. The Labute approximate surface area is 165 Å². The molecule has 0 saturated heterocycles. The number of primary amides is 1. The molecule has 0 aliphatic rings. The van der Waals surface area contributed by atoms with Crippen molar-refractivity contribution in [2.24, 2.45) is 5.73 Å². The first-order valence-corrected chi connectivity index (χ1v) is 9.89. The van der Waals surface area contributed by atoms with Crippen LogP contribution in [-0.2, 0) is 15.0 Å². The molecule has 0 bridgehead atoms. The van der Waals surface area contributed by atoms with Gasteiger partial charge in [-0.1, -0.05) is 18.2 Å². The molecule has 0 heterocycles. The number of aryl methyl sites for hydroxylation is 2. The predicted molar refractivity (Wildman–Crippen MR) is 109 cm³/mol. The van der Waals surface area contributed by atoms with E-state index in [4.69, 9.17) is 5.73 Å². The maximum absolute atomic E-state index is 12.8. The standard InChI is InChI=1S/C19H24N4O4S/c1-13-8-9-14(2)17(10-13)23(28(26,27)22(3)4)12-18(24)21-16-7-5-6-15(11-16)19(20)25/h5-11H,12H2,1-4H3,(H2,20,25)(H,21,24). The second kappa shape index (κ2) is 8.41. The fraction of sp³-hybridized carbons (Fsp3) is 0.263. The van der Waals surface area contributed by atoms with E-state index in [0.717, 1.165) is 19.7 Å². The Kier molecular flexibility index (Phi) is 6.42. The minimum atomic E-state index is -3.91. The predicted octanol–water partition coefficient (Wildman–Crippen LogP) is 1.65. The van der Waals surface area contributed by atoms with Crippen molar-refractivity contribution < 1.29 is 18.0 Å². The molecule has 9 heteroatoms. The Morgan fingerprint density at radius 1 is 1.07 bits per heavy atom. The second-order valence-corrected chi connectivity index (χ2v) is 8.65. The molecule has 2 amide bonds. The number of nitrogens with one attached hydrogen (secondary N) is 1. The van der Waals surface area contributed by atoms with Gasteiger partial charge in [-0.3, -0.25) is 9.59 Å². The minimum Gasteiger partial charge on any atom is -0.366 e. The fourth-order valence-corrected chi connectivity index (χ4v) is 3.68. The third kappa shape index (κ3) is 4.87. The summed E-state index contributed by atoms with van der Waals surface area (Å²) in [5, 5.41) is 2.61. The van der Waals surface area contributed by atoms with Crippen molar-refractivity contribution in [2.75, 3.05) is 30.3 Å². The zero-order valence-electron chi connectivity index (χ0n) is 16.3. The van der Waals surface area contributed by atoms with Crippen LogP contribution >= 0.6 is 0 Å². The number of amides is 2. The van der Waals surface area contributed by atoms with Crippen LogP contribution in [0.15, 0.2) is 42.5 Å². The van der Waals surface area contributed by atoms with Gasteiger partial charge in [0, 0.05) is 25.3 Å². The third-order valence-corrected chi connectivity index (χ3v) is 5.90. The van der Waals surface area contributed by atoms with Crippen molar-refractivity contribution in [3.63, 3.8) is 0 Å². The van der Waals surface area contributed by atoms with Crippen LogP contribution in [0.3, 0.4) is 0 Å². The number of hydrogen-bond acceptors (Lipinski definition) is 4. The molecule has 0 aliphatic heterocycles. The van der Waals surface area contributed by atoms with E-state index in [1.807, 2.05) is 13.0 Å². The largest absolute Gasteiger partial charge is 0.366 e. The van der Waals surface area contributed by atoms with Crippen LogP contribution < -0.4 is 15.4 Å². The van der Waals surface area contributed by atoms with Gasteiger partial charge in [0.05, 0.1) is 5.69 Å². The van der Waals surface area contributed by atoms with Crippen molar-refractivity contribution in [3.05, 3.63) is 59.2 Å². The summed E-state index contributed by atoms with van der Waals surface area (Å²) in [5.41, 5.74) is 7.86. The van der Waals surface area contributed by atoms with Gasteiger partial charge in [-0.15, -0.1) is 0 Å². The molecular formula is C19H24N4O4S. The quantitative estimate of drug-likeness (QED) is 0.730. The minimum absolute atomic E-state index is 0.241. The number of nitrogens with zero attached hydrogens (tertiary/aromatic N) is 2. The van der Waals surface area contributed by atoms with Gasteiger partial charge in [-0.25, -0.2) is 4.31 Å². The molecule has 0 radical (unpaired) electrons. The van der Waals surface area contributed by atoms with E-state index < -0.39 is 28.6 Å². The summed E-state index contributed by atoms with van der Waals surface area (Å²) in [6.07, 6.45) is 0. The molecule has 0 aliphatic carbocycles. The Balaban J connectivity index is 2.35. The molecule has 3 N–H and O–H groups in total. The first kappa shape index (κ1) is 21.4. The number of hydrogen-bond donors (Lipinski definition) is 2. The number of carbonyl (C=O) groups is 2. The van der Waals surface area contributed by atoms with E-state index in [1.165, 1.54) is 26.2 Å². The van der Waals surface area contributed by atoms with Gasteiger partial charge in [-0.05, 0) is 49.2 Å². The third-order valence-electron chi connectivity index (χ3n) is 4.09. The molecule has 0 aromatic heterocycles. The molecule has 0 atom stereocenters. The van der Waals surface area contributed by atoms with Crippen LogP contribution in [0.5, 0.6) is 0 Å². The lowest BCUT2D eigenvalue weighted by atomic mass is 10.1. The Bertz CT molecular complexity index is 1000. The van der Waals surface area contributed by atoms with Gasteiger partial charge >= 0.3 is 10.2 Å². The molecule has 2 aromatic carbocycles. The van der Waals surface area contributed by atoms with E-state index in [2.05, 4.69) is 5.32 Å². The van der Waals surface area contributed by atoms with Crippen LogP contribution in [-0.4, -0.2) is 45.2 Å². The van der Waals surface area contributed by atoms with Crippen molar-refractivity contribution in [2.45, 2.75) is 13.8 Å². The monoisotopic (exact) mass is 404 g/mol. The lowest BCUT2D eigenvalue weighted by molar-refractivity contribution is -0.114. The van der Waals surface area contributed by atoms with E-state index in [-0.39, 0.29) is 5.56 Å². The van der Waals surface area contributed by atoms with Crippen LogP contribution in [0.1, 0.15) is 21.5 Å². The zero-order valence-corrected chi connectivity index (χ0v) is 17.1. The maximum atomic E-state index is 12.8. The molecule has 0 unspecified atom stereocenters. The summed E-state index contributed by atoms with van der Waals surface area (Å²) in [6.45, 7) is 3.20. The first-order valence-electron chi connectivity index (χ1n) is 8.49. The topological polar surface area (TPSA) is 113 Å². The van der Waals surface area contributed by atoms with Crippen LogP contribution in [0, 0.1) is 13.8 Å². The number of benzene rings is 2. The molecule has 8 nitrogen and oxygen atoms in total. The highest BCUT2D eigenvalue weighted by molar-refractivity contribution is 7.90. The first-order chi connectivity index (χ1) is 13.0. The van der Waals surface area contributed by atoms with Gasteiger partial charge in [0.1, 0.15) is 6.54 Å². The molecule has 2 rings (SSSR count). The van der Waals surface area contributed by atoms with Gasteiger partial charge < -0.3 is 11.1 Å². The number of rotatable bonds is 7.